The van der Waals surface area contributed by atoms with Crippen molar-refractivity contribution in [2.75, 3.05) is 29.6 Å². The Morgan fingerprint density at radius 1 is 1.11 bits per heavy atom. The molecule has 1 unspecified atom stereocenters. The number of fused-ring (bicyclic) bond motifs is 1. The van der Waals surface area contributed by atoms with Gasteiger partial charge in [0.15, 0.2) is 6.61 Å². The Balaban J connectivity index is 1.40. The maximum absolute atomic E-state index is 12.9. The predicted octanol–water partition coefficient (Wildman–Crippen LogP) is 5.46. The standard InChI is InChI=1S/C21H23NO2S3/c1-15-10-11-22(18-4-2-3-5-19(18)27-15)20(23)14-24-17-8-6-16(7-9-17)21-25-12-13-26-21/h2-9,15,21H,10-14H2,1H3. The predicted molar refractivity (Wildman–Crippen MR) is 118 cm³/mol. The normalized spacial score (nSPS) is 20.2. The molecule has 2 aromatic carbocycles. The number of hydrogen-bond donors (Lipinski definition) is 0. The van der Waals surface area contributed by atoms with E-state index in [2.05, 4.69) is 25.1 Å². The molecule has 142 valence electrons. The van der Waals surface area contributed by atoms with Crippen LogP contribution in [0.2, 0.25) is 0 Å². The largest absolute Gasteiger partial charge is 0.484 e. The smallest absolute Gasteiger partial charge is 0.264 e. The zero-order valence-electron chi connectivity index (χ0n) is 15.3. The first-order chi connectivity index (χ1) is 13.2. The quantitative estimate of drug-likeness (QED) is 0.659. The second-order valence-electron chi connectivity index (χ2n) is 6.66. The number of nitrogens with zero attached hydrogens (tertiary/aromatic N) is 1. The van der Waals surface area contributed by atoms with Crippen LogP contribution < -0.4 is 9.64 Å². The van der Waals surface area contributed by atoms with Gasteiger partial charge in [-0.05, 0) is 36.2 Å². The zero-order chi connectivity index (χ0) is 18.6. The summed E-state index contributed by atoms with van der Waals surface area (Å²) in [5, 5.41) is 0.503. The molecule has 2 aromatic rings. The minimum atomic E-state index is 0.0168. The summed E-state index contributed by atoms with van der Waals surface area (Å²) in [4.78, 5) is 15.9. The van der Waals surface area contributed by atoms with Crippen LogP contribution in [0.4, 0.5) is 5.69 Å². The molecular weight excluding hydrogens is 394 g/mol. The SMILES string of the molecule is CC1CCN(C(=O)COc2ccc(C3SCCS3)cc2)c2ccccc2S1. The molecular formula is C21H23NO2S3. The minimum absolute atomic E-state index is 0.0168. The van der Waals surface area contributed by atoms with E-state index in [1.807, 2.05) is 70.5 Å². The molecule has 1 amide bonds. The van der Waals surface area contributed by atoms with Crippen LogP contribution in [0.1, 0.15) is 23.5 Å². The van der Waals surface area contributed by atoms with Crippen LogP contribution in [0.3, 0.4) is 0 Å². The zero-order valence-corrected chi connectivity index (χ0v) is 17.7. The molecule has 1 fully saturated rings. The average Bonchev–Trinajstić information content (AvgIpc) is 3.17. The Hall–Kier alpha value is -1.24. The van der Waals surface area contributed by atoms with Gasteiger partial charge in [-0.15, -0.1) is 35.3 Å². The third kappa shape index (κ3) is 4.61. The van der Waals surface area contributed by atoms with Crippen molar-refractivity contribution in [2.24, 2.45) is 0 Å². The number of amides is 1. The molecule has 0 spiro atoms. The molecule has 0 aliphatic carbocycles. The second-order valence-corrected chi connectivity index (χ2v) is 10.9. The van der Waals surface area contributed by atoms with Gasteiger partial charge >= 0.3 is 0 Å². The van der Waals surface area contributed by atoms with E-state index in [0.29, 0.717) is 9.83 Å². The van der Waals surface area contributed by atoms with Crippen molar-refractivity contribution >= 4 is 46.9 Å². The Morgan fingerprint density at radius 3 is 2.63 bits per heavy atom. The highest BCUT2D eigenvalue weighted by atomic mass is 32.2. The molecule has 4 rings (SSSR count). The number of thioether (sulfide) groups is 3. The van der Waals surface area contributed by atoms with Crippen LogP contribution in [0.5, 0.6) is 5.75 Å². The fourth-order valence-electron chi connectivity index (χ4n) is 3.24. The van der Waals surface area contributed by atoms with Crippen molar-refractivity contribution in [3.63, 3.8) is 0 Å². The number of benzene rings is 2. The summed E-state index contributed by atoms with van der Waals surface area (Å²) < 4.78 is 6.35. The fraction of sp³-hybridized carbons (Fsp3) is 0.381. The number of carbonyl (C=O) groups excluding carboxylic acids is 1. The lowest BCUT2D eigenvalue weighted by atomic mass is 10.2. The molecule has 2 heterocycles. The van der Waals surface area contributed by atoms with Crippen molar-refractivity contribution < 1.29 is 9.53 Å². The van der Waals surface area contributed by atoms with Gasteiger partial charge in [0.05, 0.1) is 10.3 Å². The van der Waals surface area contributed by atoms with E-state index in [4.69, 9.17) is 4.74 Å². The summed E-state index contributed by atoms with van der Waals surface area (Å²) in [6.07, 6.45) is 0.983. The van der Waals surface area contributed by atoms with Crippen molar-refractivity contribution in [1.29, 1.82) is 0 Å². The Kier molecular flexibility index (Phi) is 6.25. The fourth-order valence-corrected chi connectivity index (χ4v) is 7.21. The Morgan fingerprint density at radius 2 is 1.85 bits per heavy atom. The van der Waals surface area contributed by atoms with E-state index in [1.54, 1.807) is 0 Å². The molecule has 1 atom stereocenters. The molecule has 3 nitrogen and oxygen atoms in total. The molecule has 1 saturated heterocycles. The molecule has 6 heteroatoms. The third-order valence-corrected chi connectivity index (χ3v) is 9.02. The maximum atomic E-state index is 12.9. The van der Waals surface area contributed by atoms with Crippen molar-refractivity contribution in [3.05, 3.63) is 54.1 Å². The van der Waals surface area contributed by atoms with Crippen LogP contribution in [0, 0.1) is 0 Å². The summed E-state index contributed by atoms with van der Waals surface area (Å²) in [6.45, 7) is 3.02. The van der Waals surface area contributed by atoms with E-state index in [-0.39, 0.29) is 12.5 Å². The number of rotatable bonds is 4. The Labute approximate surface area is 173 Å². The lowest BCUT2D eigenvalue weighted by molar-refractivity contribution is -0.120. The van der Waals surface area contributed by atoms with Gasteiger partial charge in [0.25, 0.3) is 5.91 Å². The summed E-state index contributed by atoms with van der Waals surface area (Å²) in [5.41, 5.74) is 2.33. The lowest BCUT2D eigenvalue weighted by Crippen LogP contribution is -2.36. The van der Waals surface area contributed by atoms with E-state index in [9.17, 15) is 4.79 Å². The number of anilines is 1. The number of ether oxygens (including phenoxy) is 1. The third-order valence-electron chi connectivity index (χ3n) is 4.68. The van der Waals surface area contributed by atoms with Crippen LogP contribution in [0.15, 0.2) is 53.4 Å². The number of carbonyl (C=O) groups is 1. The van der Waals surface area contributed by atoms with Gasteiger partial charge in [-0.2, -0.15) is 0 Å². The maximum Gasteiger partial charge on any atom is 0.264 e. The van der Waals surface area contributed by atoms with Gasteiger partial charge in [0.1, 0.15) is 5.75 Å². The van der Waals surface area contributed by atoms with Crippen molar-refractivity contribution in [1.82, 2.24) is 0 Å². The number of hydrogen-bond acceptors (Lipinski definition) is 5. The van der Waals surface area contributed by atoms with Crippen molar-refractivity contribution in [2.45, 2.75) is 28.1 Å². The summed E-state index contributed by atoms with van der Waals surface area (Å²) in [5.74, 6) is 3.21. The van der Waals surface area contributed by atoms with Gasteiger partial charge in [-0.25, -0.2) is 0 Å². The highest BCUT2D eigenvalue weighted by Crippen LogP contribution is 2.45. The van der Waals surface area contributed by atoms with Crippen LogP contribution in [0.25, 0.3) is 0 Å². The van der Waals surface area contributed by atoms with Gasteiger partial charge in [0.2, 0.25) is 0 Å². The summed E-state index contributed by atoms with van der Waals surface area (Å²) in [7, 11) is 0. The summed E-state index contributed by atoms with van der Waals surface area (Å²) >= 11 is 5.83. The monoisotopic (exact) mass is 417 g/mol. The van der Waals surface area contributed by atoms with E-state index >= 15 is 0 Å². The van der Waals surface area contributed by atoms with Crippen LogP contribution >= 0.6 is 35.3 Å². The molecule has 0 saturated carbocycles. The number of para-hydroxylation sites is 1. The molecule has 2 aliphatic heterocycles. The lowest BCUT2D eigenvalue weighted by Gasteiger charge is -2.22. The topological polar surface area (TPSA) is 29.5 Å². The highest BCUT2D eigenvalue weighted by Gasteiger charge is 2.24. The second kappa shape index (κ2) is 8.84. The average molecular weight is 418 g/mol. The molecule has 0 N–H and O–H groups in total. The van der Waals surface area contributed by atoms with E-state index in [0.717, 1.165) is 24.4 Å². The van der Waals surface area contributed by atoms with Crippen LogP contribution in [-0.2, 0) is 4.79 Å². The first-order valence-electron chi connectivity index (χ1n) is 9.23. The van der Waals surface area contributed by atoms with E-state index < -0.39 is 0 Å². The highest BCUT2D eigenvalue weighted by molar-refractivity contribution is 8.19. The minimum Gasteiger partial charge on any atom is -0.484 e. The molecule has 0 aromatic heterocycles. The molecule has 2 aliphatic rings. The van der Waals surface area contributed by atoms with Crippen molar-refractivity contribution in [3.8, 4) is 5.75 Å². The summed E-state index contributed by atoms with van der Waals surface area (Å²) in [6, 6.07) is 16.4. The first-order valence-corrected chi connectivity index (χ1v) is 12.2. The van der Waals surface area contributed by atoms with Gasteiger partial charge < -0.3 is 9.64 Å². The molecule has 0 radical (unpaired) electrons. The molecule has 27 heavy (non-hydrogen) atoms. The van der Waals surface area contributed by atoms with Gasteiger partial charge in [0, 0.05) is 28.2 Å². The Bertz CT molecular complexity index is 790. The first kappa shape index (κ1) is 19.1. The van der Waals surface area contributed by atoms with Gasteiger partial charge in [-0.1, -0.05) is 31.2 Å². The van der Waals surface area contributed by atoms with E-state index in [1.165, 1.54) is 22.0 Å². The van der Waals surface area contributed by atoms with Gasteiger partial charge in [-0.3, -0.25) is 4.79 Å². The molecule has 0 bridgehead atoms. The van der Waals surface area contributed by atoms with Crippen LogP contribution in [-0.4, -0.2) is 35.8 Å².